The van der Waals surface area contributed by atoms with E-state index in [1.165, 1.54) is 11.6 Å². The Morgan fingerprint density at radius 1 is 1.03 bits per heavy atom. The van der Waals surface area contributed by atoms with Crippen LogP contribution >= 0.6 is 0 Å². The fraction of sp³-hybridized carbons (Fsp3) is 0.318. The molecule has 3 aromatic rings. The van der Waals surface area contributed by atoms with Crippen molar-refractivity contribution in [1.82, 2.24) is 14.8 Å². The molecule has 0 spiro atoms. The number of piperazine rings is 1. The van der Waals surface area contributed by atoms with Crippen molar-refractivity contribution in [2.45, 2.75) is 6.42 Å². The van der Waals surface area contributed by atoms with Crippen molar-refractivity contribution in [3.63, 3.8) is 0 Å². The van der Waals surface area contributed by atoms with Gasteiger partial charge in [-0.2, -0.15) is 0 Å². The first-order valence-corrected chi connectivity index (χ1v) is 9.73. The average molecular weight is 393 g/mol. The number of rotatable bonds is 6. The number of nitrogens with zero attached hydrogens (tertiary/aromatic N) is 3. The molecular formula is C22H23N3O4. The lowest BCUT2D eigenvalue weighted by molar-refractivity contribution is -0.135. The van der Waals surface area contributed by atoms with Crippen LogP contribution in [0.3, 0.4) is 0 Å². The van der Waals surface area contributed by atoms with E-state index in [1.54, 1.807) is 24.3 Å². The van der Waals surface area contributed by atoms with E-state index in [9.17, 15) is 9.59 Å². The lowest BCUT2D eigenvalue weighted by Gasteiger charge is -2.34. The summed E-state index contributed by atoms with van der Waals surface area (Å²) in [6.45, 7) is 4.07. The molecule has 4 rings (SSSR count). The van der Waals surface area contributed by atoms with Crippen LogP contribution < -0.4 is 10.4 Å². The number of benzene rings is 1. The van der Waals surface area contributed by atoms with Crippen molar-refractivity contribution in [1.29, 1.82) is 0 Å². The minimum absolute atomic E-state index is 0.0282. The van der Waals surface area contributed by atoms with Gasteiger partial charge >= 0.3 is 5.63 Å². The monoisotopic (exact) mass is 393 g/mol. The number of ether oxygens (including phenoxy) is 1. The van der Waals surface area contributed by atoms with Gasteiger partial charge < -0.3 is 14.1 Å². The van der Waals surface area contributed by atoms with Crippen LogP contribution in [0.4, 0.5) is 0 Å². The smallest absolute Gasteiger partial charge is 0.336 e. The zero-order valence-electron chi connectivity index (χ0n) is 16.1. The second-order valence-electron chi connectivity index (χ2n) is 7.07. The molecule has 150 valence electrons. The minimum atomic E-state index is -0.410. The van der Waals surface area contributed by atoms with Gasteiger partial charge in [0.2, 0.25) is 0 Å². The summed E-state index contributed by atoms with van der Waals surface area (Å²) >= 11 is 0. The van der Waals surface area contributed by atoms with Crippen LogP contribution in [0.15, 0.2) is 64.1 Å². The molecule has 7 heteroatoms. The van der Waals surface area contributed by atoms with E-state index in [1.807, 2.05) is 29.4 Å². The molecule has 0 radical (unpaired) electrons. The SMILES string of the molecule is O=C(COc1ccc2ccc(=O)oc2c1)N1CCN(CCc2ccncc2)CC1. The second kappa shape index (κ2) is 8.87. The van der Waals surface area contributed by atoms with E-state index < -0.39 is 5.63 Å². The van der Waals surface area contributed by atoms with Gasteiger partial charge in [0.1, 0.15) is 11.3 Å². The van der Waals surface area contributed by atoms with Gasteiger partial charge in [0.05, 0.1) is 0 Å². The number of amides is 1. The van der Waals surface area contributed by atoms with Crippen LogP contribution in [0.25, 0.3) is 11.0 Å². The standard InChI is InChI=1S/C22H23N3O4/c26-21(16-28-19-3-1-18-2-4-22(27)29-20(18)15-19)25-13-11-24(12-14-25)10-7-17-5-8-23-9-6-17/h1-6,8-9,15H,7,10-14,16H2. The molecule has 0 N–H and O–H groups in total. The highest BCUT2D eigenvalue weighted by molar-refractivity contribution is 5.79. The van der Waals surface area contributed by atoms with Crippen molar-refractivity contribution in [3.8, 4) is 5.75 Å². The van der Waals surface area contributed by atoms with Crippen LogP contribution in [0.1, 0.15) is 5.56 Å². The molecule has 3 heterocycles. The van der Waals surface area contributed by atoms with Gasteiger partial charge in [0.25, 0.3) is 5.91 Å². The molecule has 1 aliphatic rings. The molecular weight excluding hydrogens is 370 g/mol. The summed E-state index contributed by atoms with van der Waals surface area (Å²) in [6, 6.07) is 12.4. The zero-order chi connectivity index (χ0) is 20.1. The van der Waals surface area contributed by atoms with Gasteiger partial charge in [0, 0.05) is 62.6 Å². The molecule has 0 atom stereocenters. The van der Waals surface area contributed by atoms with Crippen LogP contribution in [0.2, 0.25) is 0 Å². The molecule has 7 nitrogen and oxygen atoms in total. The highest BCUT2D eigenvalue weighted by Gasteiger charge is 2.21. The predicted octanol–water partition coefficient (Wildman–Crippen LogP) is 1.95. The first-order valence-electron chi connectivity index (χ1n) is 9.73. The number of carbonyl (C=O) groups is 1. The molecule has 2 aromatic heterocycles. The molecule has 1 aliphatic heterocycles. The molecule has 0 saturated carbocycles. The van der Waals surface area contributed by atoms with Crippen LogP contribution in [-0.2, 0) is 11.2 Å². The molecule has 0 aliphatic carbocycles. The Bertz CT molecular complexity index is 1030. The van der Waals surface area contributed by atoms with E-state index in [4.69, 9.17) is 9.15 Å². The number of carbonyl (C=O) groups excluding carboxylic acids is 1. The maximum atomic E-state index is 12.5. The van der Waals surface area contributed by atoms with Crippen molar-refractivity contribution in [3.05, 3.63) is 70.8 Å². The first-order chi connectivity index (χ1) is 14.2. The summed E-state index contributed by atoms with van der Waals surface area (Å²) in [6.07, 6.45) is 4.61. The van der Waals surface area contributed by atoms with Gasteiger partial charge in [-0.3, -0.25) is 14.7 Å². The Balaban J connectivity index is 1.24. The topological polar surface area (TPSA) is 75.9 Å². The second-order valence-corrected chi connectivity index (χ2v) is 7.07. The van der Waals surface area contributed by atoms with Gasteiger partial charge in [-0.1, -0.05) is 0 Å². The van der Waals surface area contributed by atoms with Gasteiger partial charge in [0.15, 0.2) is 6.61 Å². The third-order valence-electron chi connectivity index (χ3n) is 5.15. The quantitative estimate of drug-likeness (QED) is 0.596. The summed E-state index contributed by atoms with van der Waals surface area (Å²) in [5, 5.41) is 0.811. The van der Waals surface area contributed by atoms with Gasteiger partial charge in [-0.05, 0) is 42.3 Å². The lowest BCUT2D eigenvalue weighted by atomic mass is 10.2. The summed E-state index contributed by atoms with van der Waals surface area (Å²) in [5.41, 5.74) is 1.32. The molecule has 29 heavy (non-hydrogen) atoms. The molecule has 1 aromatic carbocycles. The van der Waals surface area contributed by atoms with Crippen molar-refractivity contribution >= 4 is 16.9 Å². The Hall–Kier alpha value is -3.19. The van der Waals surface area contributed by atoms with E-state index in [0.717, 1.165) is 31.4 Å². The van der Waals surface area contributed by atoms with Crippen molar-refractivity contribution in [2.24, 2.45) is 0 Å². The number of hydrogen-bond acceptors (Lipinski definition) is 6. The number of aromatic nitrogens is 1. The van der Waals surface area contributed by atoms with E-state index >= 15 is 0 Å². The third kappa shape index (κ3) is 5.00. The van der Waals surface area contributed by atoms with Crippen LogP contribution in [0.5, 0.6) is 5.75 Å². The lowest BCUT2D eigenvalue weighted by Crippen LogP contribution is -2.50. The third-order valence-corrected chi connectivity index (χ3v) is 5.15. The highest BCUT2D eigenvalue weighted by atomic mass is 16.5. The van der Waals surface area contributed by atoms with Crippen molar-refractivity contribution in [2.75, 3.05) is 39.3 Å². The fourth-order valence-corrected chi connectivity index (χ4v) is 3.42. The van der Waals surface area contributed by atoms with E-state index in [0.29, 0.717) is 24.4 Å². The largest absolute Gasteiger partial charge is 0.484 e. The molecule has 0 unspecified atom stereocenters. The summed E-state index contributed by atoms with van der Waals surface area (Å²) in [7, 11) is 0. The summed E-state index contributed by atoms with van der Waals surface area (Å²) in [5.74, 6) is 0.476. The maximum absolute atomic E-state index is 12.5. The Morgan fingerprint density at radius 2 is 1.79 bits per heavy atom. The van der Waals surface area contributed by atoms with Gasteiger partial charge in [-0.15, -0.1) is 0 Å². The van der Waals surface area contributed by atoms with Crippen molar-refractivity contribution < 1.29 is 13.9 Å². The fourth-order valence-electron chi connectivity index (χ4n) is 3.42. The first kappa shape index (κ1) is 19.1. The van der Waals surface area contributed by atoms with Crippen LogP contribution in [0, 0.1) is 0 Å². The number of hydrogen-bond donors (Lipinski definition) is 0. The maximum Gasteiger partial charge on any atom is 0.336 e. The molecule has 1 fully saturated rings. The summed E-state index contributed by atoms with van der Waals surface area (Å²) < 4.78 is 10.8. The average Bonchev–Trinajstić information content (AvgIpc) is 2.77. The van der Waals surface area contributed by atoms with Crippen LogP contribution in [-0.4, -0.2) is 60.0 Å². The number of pyridine rings is 1. The minimum Gasteiger partial charge on any atom is -0.484 e. The predicted molar refractivity (Wildman–Crippen MR) is 109 cm³/mol. The summed E-state index contributed by atoms with van der Waals surface area (Å²) in [4.78, 5) is 32.1. The Kier molecular flexibility index (Phi) is 5.86. The Labute approximate surface area is 168 Å². The molecule has 1 amide bonds. The molecule has 0 bridgehead atoms. The zero-order valence-corrected chi connectivity index (χ0v) is 16.1. The van der Waals surface area contributed by atoms with Gasteiger partial charge in [-0.25, -0.2) is 4.79 Å². The number of fused-ring (bicyclic) bond motifs is 1. The van der Waals surface area contributed by atoms with E-state index in [-0.39, 0.29) is 12.5 Å². The molecule has 1 saturated heterocycles. The Morgan fingerprint density at radius 3 is 2.59 bits per heavy atom. The normalized spacial score (nSPS) is 14.8. The highest BCUT2D eigenvalue weighted by Crippen LogP contribution is 2.19. The van der Waals surface area contributed by atoms with E-state index in [2.05, 4.69) is 9.88 Å².